The molecule has 0 saturated carbocycles. The fourth-order valence-electron chi connectivity index (χ4n) is 4.71. The van der Waals surface area contributed by atoms with Crippen LogP contribution in [-0.4, -0.2) is 54.2 Å². The van der Waals surface area contributed by atoms with E-state index in [1.165, 1.54) is 32.9 Å². The van der Waals surface area contributed by atoms with Gasteiger partial charge in [0.1, 0.15) is 11.4 Å². The van der Waals surface area contributed by atoms with E-state index in [0.29, 0.717) is 0 Å². The SMILES string of the molecule is CSc1ccc(S(=O)(=O)O)cc1.Cn1nc(-c2ccncc2)c2cc(I)ccc21.Cn1nc(-c2ccncc2)c2cc(N)ccc21.O. The zero-order valence-corrected chi connectivity index (χ0v) is 29.4. The molecule has 7 aromatic rings. The van der Waals surface area contributed by atoms with Crippen LogP contribution < -0.4 is 5.73 Å². The summed E-state index contributed by atoms with van der Waals surface area (Å²) >= 11 is 3.84. The Morgan fingerprint density at radius 3 is 1.66 bits per heavy atom. The molecule has 4 aromatic heterocycles. The fraction of sp³-hybridized carbons (Fsp3) is 0.0909. The lowest BCUT2D eigenvalue weighted by atomic mass is 10.1. The second-order valence-corrected chi connectivity index (χ2v) is 13.6. The molecule has 3 aromatic carbocycles. The first-order valence-corrected chi connectivity index (χ1v) is 17.6. The van der Waals surface area contributed by atoms with E-state index in [1.54, 1.807) is 36.9 Å². The van der Waals surface area contributed by atoms with E-state index in [1.807, 2.05) is 72.2 Å². The molecule has 242 valence electrons. The van der Waals surface area contributed by atoms with Crippen LogP contribution in [0.1, 0.15) is 0 Å². The van der Waals surface area contributed by atoms with Crippen LogP contribution in [0, 0.1) is 3.57 Å². The van der Waals surface area contributed by atoms with Crippen molar-refractivity contribution in [1.29, 1.82) is 0 Å². The molecule has 0 aliphatic carbocycles. The lowest BCUT2D eigenvalue weighted by molar-refractivity contribution is 0.483. The Bertz CT molecular complexity index is 2090. The van der Waals surface area contributed by atoms with Crippen molar-refractivity contribution in [3.63, 3.8) is 0 Å². The summed E-state index contributed by atoms with van der Waals surface area (Å²) in [6.45, 7) is 0. The average Bonchev–Trinajstić information content (AvgIpc) is 3.57. The summed E-state index contributed by atoms with van der Waals surface area (Å²) in [7, 11) is -0.131. The topological polar surface area (TPSA) is 173 Å². The van der Waals surface area contributed by atoms with E-state index < -0.39 is 10.1 Å². The molecular weight excluding hydrogens is 749 g/mol. The van der Waals surface area contributed by atoms with Crippen molar-refractivity contribution >= 4 is 72.0 Å². The Kier molecular flexibility index (Phi) is 11.7. The van der Waals surface area contributed by atoms with Crippen molar-refractivity contribution in [3.8, 4) is 22.5 Å². The van der Waals surface area contributed by atoms with Crippen molar-refractivity contribution in [2.45, 2.75) is 9.79 Å². The van der Waals surface area contributed by atoms with Gasteiger partial charge in [-0.3, -0.25) is 23.9 Å². The summed E-state index contributed by atoms with van der Waals surface area (Å²) in [6, 6.07) is 26.1. The average molecular weight is 782 g/mol. The van der Waals surface area contributed by atoms with Crippen LogP contribution in [0.5, 0.6) is 0 Å². The Balaban J connectivity index is 0.000000161. The van der Waals surface area contributed by atoms with E-state index >= 15 is 0 Å². The molecule has 0 radical (unpaired) electrons. The highest BCUT2D eigenvalue weighted by Gasteiger charge is 2.12. The first-order chi connectivity index (χ1) is 22.0. The number of nitrogens with zero attached hydrogens (tertiary/aromatic N) is 6. The largest absolute Gasteiger partial charge is 0.412 e. The Labute approximate surface area is 290 Å². The van der Waals surface area contributed by atoms with E-state index in [-0.39, 0.29) is 10.4 Å². The number of anilines is 1. The van der Waals surface area contributed by atoms with Crippen LogP contribution in [0.15, 0.2) is 120 Å². The first-order valence-electron chi connectivity index (χ1n) is 13.8. The standard InChI is InChI=1S/C13H10IN3.C13H12N4.C7H8O3S2.H2O/c2*1-17-12-3-2-10(14)8-11(12)13(16-17)9-4-6-15-7-5-9;1-11-6-2-4-7(5-3-6)12(8,9)10;/h2-8H,1H3;2-8H,14H2,1H3;2-5H,1H3,(H,8,9,10);1H2. The predicted octanol–water partition coefficient (Wildman–Crippen LogP) is 6.29. The third-order valence-corrected chi connectivity index (χ3v) is 9.23. The molecule has 0 spiro atoms. The van der Waals surface area contributed by atoms with Gasteiger partial charge in [0.15, 0.2) is 0 Å². The molecule has 5 N–H and O–H groups in total. The van der Waals surface area contributed by atoms with Crippen LogP contribution in [0.4, 0.5) is 5.69 Å². The molecule has 0 aliphatic heterocycles. The monoisotopic (exact) mass is 781 g/mol. The quantitative estimate of drug-likeness (QED) is 0.0901. The highest BCUT2D eigenvalue weighted by molar-refractivity contribution is 14.1. The van der Waals surface area contributed by atoms with Gasteiger partial charge in [0.2, 0.25) is 0 Å². The van der Waals surface area contributed by atoms with Gasteiger partial charge in [0, 0.05) is 74.9 Å². The van der Waals surface area contributed by atoms with Crippen LogP contribution >= 0.6 is 34.4 Å². The van der Waals surface area contributed by atoms with Crippen LogP contribution in [0.2, 0.25) is 0 Å². The number of fused-ring (bicyclic) bond motifs is 2. The number of nitrogen functional groups attached to an aromatic ring is 1. The Morgan fingerprint density at radius 1 is 0.723 bits per heavy atom. The molecule has 14 heteroatoms. The van der Waals surface area contributed by atoms with Gasteiger partial charge < -0.3 is 11.2 Å². The number of rotatable bonds is 4. The van der Waals surface area contributed by atoms with Crippen LogP contribution in [-0.2, 0) is 24.2 Å². The van der Waals surface area contributed by atoms with Gasteiger partial charge in [-0.15, -0.1) is 11.8 Å². The highest BCUT2D eigenvalue weighted by atomic mass is 127. The van der Waals surface area contributed by atoms with E-state index in [0.717, 1.165) is 49.5 Å². The highest BCUT2D eigenvalue weighted by Crippen LogP contribution is 2.29. The molecule has 0 saturated heterocycles. The molecule has 0 fully saturated rings. The van der Waals surface area contributed by atoms with Crippen molar-refractivity contribution < 1.29 is 18.4 Å². The molecule has 7 rings (SSSR count). The smallest absolute Gasteiger partial charge is 0.294 e. The molecular formula is C33H32IN7O4S2. The maximum absolute atomic E-state index is 10.6. The van der Waals surface area contributed by atoms with Crippen LogP contribution in [0.3, 0.4) is 0 Å². The van der Waals surface area contributed by atoms with Gasteiger partial charge in [0.25, 0.3) is 10.1 Å². The van der Waals surface area contributed by atoms with Crippen molar-refractivity contribution in [2.75, 3.05) is 12.0 Å². The third-order valence-electron chi connectivity index (χ3n) is 6.95. The van der Waals surface area contributed by atoms with Crippen molar-refractivity contribution in [3.05, 3.63) is 113 Å². The Morgan fingerprint density at radius 2 is 1.19 bits per heavy atom. The minimum Gasteiger partial charge on any atom is -0.412 e. The first kappa shape index (κ1) is 35.5. The summed E-state index contributed by atoms with van der Waals surface area (Å²) in [6.07, 6.45) is 9.01. The van der Waals surface area contributed by atoms with Crippen LogP contribution in [0.25, 0.3) is 44.3 Å². The molecule has 0 aliphatic rings. The second-order valence-electron chi connectivity index (χ2n) is 10.0. The summed E-state index contributed by atoms with van der Waals surface area (Å²) in [4.78, 5) is 8.95. The second kappa shape index (κ2) is 15.5. The van der Waals surface area contributed by atoms with Gasteiger partial charge in [-0.2, -0.15) is 18.6 Å². The summed E-state index contributed by atoms with van der Waals surface area (Å²) in [5.41, 5.74) is 12.9. The minimum atomic E-state index is -4.04. The van der Waals surface area contributed by atoms with Gasteiger partial charge in [-0.1, -0.05) is 0 Å². The lowest BCUT2D eigenvalue weighted by Crippen LogP contribution is -1.96. The molecule has 0 atom stereocenters. The van der Waals surface area contributed by atoms with E-state index in [9.17, 15) is 8.42 Å². The Hall–Kier alpha value is -4.35. The molecule has 0 unspecified atom stereocenters. The van der Waals surface area contributed by atoms with E-state index in [2.05, 4.69) is 61.0 Å². The fourth-order valence-corrected chi connectivity index (χ4v) is 6.09. The van der Waals surface area contributed by atoms with Gasteiger partial charge in [-0.05, 0) is 114 Å². The number of aryl methyl sites for hydroxylation is 2. The number of pyridine rings is 2. The number of thioether (sulfide) groups is 1. The third kappa shape index (κ3) is 8.52. The summed E-state index contributed by atoms with van der Waals surface area (Å²) in [5.74, 6) is 0. The van der Waals surface area contributed by atoms with Crippen molar-refractivity contribution in [2.24, 2.45) is 14.1 Å². The number of halogens is 1. The number of nitrogens with two attached hydrogens (primary N) is 1. The maximum Gasteiger partial charge on any atom is 0.294 e. The number of benzene rings is 3. The summed E-state index contributed by atoms with van der Waals surface area (Å²) < 4.78 is 34.8. The number of hydrogen-bond donors (Lipinski definition) is 2. The summed E-state index contributed by atoms with van der Waals surface area (Å²) in [5, 5.41) is 11.4. The number of aromatic nitrogens is 6. The molecule has 11 nitrogen and oxygen atoms in total. The van der Waals surface area contributed by atoms with Gasteiger partial charge in [0.05, 0.1) is 15.9 Å². The normalized spacial score (nSPS) is 10.8. The van der Waals surface area contributed by atoms with E-state index in [4.69, 9.17) is 10.3 Å². The zero-order valence-electron chi connectivity index (χ0n) is 25.6. The van der Waals surface area contributed by atoms with Crippen molar-refractivity contribution in [1.82, 2.24) is 29.5 Å². The zero-order chi connectivity index (χ0) is 32.8. The lowest BCUT2D eigenvalue weighted by Gasteiger charge is -1.97. The predicted molar refractivity (Wildman–Crippen MR) is 197 cm³/mol. The molecule has 0 bridgehead atoms. The minimum absolute atomic E-state index is 0. The molecule has 4 heterocycles. The molecule has 0 amide bonds. The van der Waals surface area contributed by atoms with Gasteiger partial charge >= 0.3 is 0 Å². The number of hydrogen-bond acceptors (Lipinski definition) is 8. The maximum atomic E-state index is 10.6. The molecule has 47 heavy (non-hydrogen) atoms. The van der Waals surface area contributed by atoms with Gasteiger partial charge in [-0.25, -0.2) is 0 Å².